The van der Waals surface area contributed by atoms with Crippen LogP contribution in [0, 0.1) is 6.92 Å². The van der Waals surface area contributed by atoms with Crippen molar-refractivity contribution in [3.63, 3.8) is 0 Å². The minimum absolute atomic E-state index is 0.117. The Bertz CT molecular complexity index is 1780. The number of para-hydroxylation sites is 1. The Labute approximate surface area is 230 Å². The quantitative estimate of drug-likeness (QED) is 0.241. The Balaban J connectivity index is 1.46. The maximum Gasteiger partial charge on any atom is 0.696 e. The average molecular weight is 557 g/mol. The zero-order valence-corrected chi connectivity index (χ0v) is 22.7. The van der Waals surface area contributed by atoms with E-state index in [-0.39, 0.29) is 16.7 Å². The van der Waals surface area contributed by atoms with Crippen molar-refractivity contribution >= 4 is 58.7 Å². The normalized spacial score (nSPS) is 19.0. The molecule has 4 heterocycles. The van der Waals surface area contributed by atoms with E-state index in [0.29, 0.717) is 11.3 Å². The van der Waals surface area contributed by atoms with Crippen molar-refractivity contribution in [2.75, 3.05) is 31.3 Å². The molecule has 10 nitrogen and oxygen atoms in total. The third-order valence-electron chi connectivity index (χ3n) is 8.17. The van der Waals surface area contributed by atoms with E-state index in [0.717, 1.165) is 70.4 Å². The van der Waals surface area contributed by atoms with Crippen LogP contribution in [-0.4, -0.2) is 63.5 Å². The maximum absolute atomic E-state index is 14.0. The van der Waals surface area contributed by atoms with Crippen molar-refractivity contribution in [1.82, 2.24) is 20.2 Å². The number of hydrogen-bond donors (Lipinski definition) is 3. The van der Waals surface area contributed by atoms with Crippen LogP contribution in [0.2, 0.25) is 0 Å². The predicted octanol–water partition coefficient (Wildman–Crippen LogP) is 3.87. The van der Waals surface area contributed by atoms with Crippen LogP contribution in [0.3, 0.4) is 0 Å². The van der Waals surface area contributed by atoms with Crippen molar-refractivity contribution < 1.29 is 23.6 Å². The molecule has 1 aliphatic carbocycles. The zero-order chi connectivity index (χ0) is 27.6. The van der Waals surface area contributed by atoms with Crippen LogP contribution in [0.25, 0.3) is 32.8 Å². The highest BCUT2D eigenvalue weighted by Gasteiger charge is 2.46. The van der Waals surface area contributed by atoms with Gasteiger partial charge >= 0.3 is 8.25 Å². The molecule has 3 N–H and O–H groups in total. The summed E-state index contributed by atoms with van der Waals surface area (Å²) in [7, 11) is -3.01. The van der Waals surface area contributed by atoms with Gasteiger partial charge in [0, 0.05) is 57.8 Å². The number of aryl methyl sites for hydroxylation is 1. The number of benzene rings is 2. The molecule has 1 atom stereocenters. The third-order valence-corrected chi connectivity index (χ3v) is 8.51. The summed E-state index contributed by atoms with van der Waals surface area (Å²) in [5.41, 5.74) is 3.29. The lowest BCUT2D eigenvalue weighted by Crippen LogP contribution is -2.52. The molecule has 1 saturated heterocycles. The molecule has 2 fully saturated rings. The fourth-order valence-electron chi connectivity index (χ4n) is 5.96. The zero-order valence-electron chi connectivity index (χ0n) is 21.8. The summed E-state index contributed by atoms with van der Waals surface area (Å²) in [6, 6.07) is 15.5. The molecular weight excluding hydrogens is 529 g/mol. The van der Waals surface area contributed by atoms with Gasteiger partial charge in [0.25, 0.3) is 11.8 Å². The lowest BCUT2D eigenvalue weighted by atomic mass is 9.95. The molecular formula is C29H27N5O5P+. The average Bonchev–Trinajstić information content (AvgIpc) is 3.45. The van der Waals surface area contributed by atoms with Crippen LogP contribution < -0.4 is 10.2 Å². The maximum atomic E-state index is 14.0. The van der Waals surface area contributed by atoms with E-state index in [1.807, 2.05) is 55.5 Å². The smallest absolute Gasteiger partial charge is 0.360 e. The summed E-state index contributed by atoms with van der Waals surface area (Å²) < 4.78 is 16.2. The van der Waals surface area contributed by atoms with Crippen LogP contribution in [0.1, 0.15) is 29.7 Å². The molecule has 0 bridgehead atoms. The Morgan fingerprint density at radius 1 is 1.07 bits per heavy atom. The number of rotatable bonds is 6. The Kier molecular flexibility index (Phi) is 5.83. The molecule has 1 unspecified atom stereocenters. The Morgan fingerprint density at radius 2 is 1.85 bits per heavy atom. The minimum atomic E-state index is -3.01. The van der Waals surface area contributed by atoms with E-state index in [9.17, 15) is 19.0 Å². The fourth-order valence-corrected chi connectivity index (χ4v) is 6.17. The van der Waals surface area contributed by atoms with Gasteiger partial charge in [-0.15, -0.1) is 4.89 Å². The topological polar surface area (TPSA) is 128 Å². The number of carbonyl (C=O) groups excluding carboxylic acids is 2. The Hall–Kier alpha value is -3.95. The summed E-state index contributed by atoms with van der Waals surface area (Å²) >= 11 is 0. The number of imide groups is 1. The first-order chi connectivity index (χ1) is 19.3. The molecule has 202 valence electrons. The first kappa shape index (κ1) is 25.0. The second kappa shape index (κ2) is 9.31. The highest BCUT2D eigenvalue weighted by atomic mass is 31.1. The van der Waals surface area contributed by atoms with E-state index in [2.05, 4.69) is 15.2 Å². The molecule has 1 spiro atoms. The molecule has 3 aliphatic rings. The SMILES string of the molecule is Cc1cccc2c(C3=C(c4nc(N5CCNC6(CC6)C5)cc5ccccc45)C(=O)N(CO[P+](=O)O)C3=O)c[nH]c12. The van der Waals surface area contributed by atoms with Crippen molar-refractivity contribution in [3.05, 3.63) is 71.5 Å². The molecule has 11 heteroatoms. The monoisotopic (exact) mass is 556 g/mol. The van der Waals surface area contributed by atoms with Crippen LogP contribution >= 0.6 is 8.25 Å². The van der Waals surface area contributed by atoms with Gasteiger partial charge in [0.05, 0.1) is 16.8 Å². The number of fused-ring (bicyclic) bond motifs is 2. The summed E-state index contributed by atoms with van der Waals surface area (Å²) in [4.78, 5) is 48.6. The molecule has 2 aromatic heterocycles. The van der Waals surface area contributed by atoms with Gasteiger partial charge in [-0.25, -0.2) is 9.88 Å². The number of aromatic amines is 1. The third kappa shape index (κ3) is 4.03. The number of pyridine rings is 1. The minimum Gasteiger partial charge on any atom is -0.360 e. The lowest BCUT2D eigenvalue weighted by molar-refractivity contribution is -0.139. The van der Waals surface area contributed by atoms with Crippen LogP contribution in [0.4, 0.5) is 5.82 Å². The first-order valence-electron chi connectivity index (χ1n) is 13.2. The van der Waals surface area contributed by atoms with Gasteiger partial charge in [-0.2, -0.15) is 0 Å². The number of nitrogens with zero attached hydrogens (tertiary/aromatic N) is 3. The van der Waals surface area contributed by atoms with Gasteiger partial charge in [0.15, 0.2) is 6.73 Å². The number of piperazine rings is 1. The summed E-state index contributed by atoms with van der Waals surface area (Å²) in [6.07, 6.45) is 3.97. The number of hydrogen-bond acceptors (Lipinski definition) is 7. The number of aromatic nitrogens is 2. The number of anilines is 1. The summed E-state index contributed by atoms with van der Waals surface area (Å²) in [5.74, 6) is -0.473. The highest BCUT2D eigenvalue weighted by molar-refractivity contribution is 7.32. The van der Waals surface area contributed by atoms with E-state index < -0.39 is 26.8 Å². The van der Waals surface area contributed by atoms with Gasteiger partial charge < -0.3 is 15.2 Å². The van der Waals surface area contributed by atoms with Crippen molar-refractivity contribution in [2.24, 2.45) is 0 Å². The van der Waals surface area contributed by atoms with Crippen LogP contribution in [0.5, 0.6) is 0 Å². The van der Waals surface area contributed by atoms with Gasteiger partial charge in [0.2, 0.25) is 0 Å². The summed E-state index contributed by atoms with van der Waals surface area (Å²) in [6.45, 7) is 3.76. The molecule has 40 heavy (non-hydrogen) atoms. The van der Waals surface area contributed by atoms with E-state index in [1.54, 1.807) is 6.20 Å². The molecule has 2 aliphatic heterocycles. The molecule has 1 saturated carbocycles. The van der Waals surface area contributed by atoms with E-state index >= 15 is 0 Å². The second-order valence-corrected chi connectivity index (χ2v) is 11.4. The Morgan fingerprint density at radius 3 is 2.65 bits per heavy atom. The van der Waals surface area contributed by atoms with Crippen molar-refractivity contribution in [3.8, 4) is 0 Å². The fraction of sp³-hybridized carbons (Fsp3) is 0.276. The van der Waals surface area contributed by atoms with Gasteiger partial charge in [-0.3, -0.25) is 9.59 Å². The molecule has 0 radical (unpaired) electrons. The standard InChI is InChI=1S/C29H26N5O5P/c1-17-5-4-8-20-21(14-30-25(17)20)23-24(28(36)34(27(23)35)16-39-40(37)38)26-19-7-3-2-6-18(19)13-22(32-26)33-12-11-31-29(15-33)9-10-29/h2-8,13-14,31H,9-12,15-16H2,1H3,(H-,30,32,36,37,38)/p+1. The number of amides is 2. The lowest BCUT2D eigenvalue weighted by Gasteiger charge is -2.35. The number of nitrogens with one attached hydrogen (secondary N) is 2. The van der Waals surface area contributed by atoms with E-state index in [1.165, 1.54) is 0 Å². The largest absolute Gasteiger partial charge is 0.696 e. The van der Waals surface area contributed by atoms with Gasteiger partial charge in [-0.05, 0) is 36.8 Å². The predicted molar refractivity (Wildman–Crippen MR) is 151 cm³/mol. The van der Waals surface area contributed by atoms with Crippen molar-refractivity contribution in [1.29, 1.82) is 0 Å². The number of H-pyrrole nitrogens is 1. The van der Waals surface area contributed by atoms with Gasteiger partial charge in [0.1, 0.15) is 5.82 Å². The van der Waals surface area contributed by atoms with Crippen LogP contribution in [0.15, 0.2) is 54.7 Å². The number of carbonyl (C=O) groups is 2. The molecule has 2 aromatic carbocycles. The molecule has 7 rings (SSSR count). The first-order valence-corrected chi connectivity index (χ1v) is 14.3. The van der Waals surface area contributed by atoms with Gasteiger partial charge in [-0.1, -0.05) is 47.0 Å². The highest BCUT2D eigenvalue weighted by Crippen LogP contribution is 2.43. The second-order valence-electron chi connectivity index (χ2n) is 10.7. The van der Waals surface area contributed by atoms with Crippen molar-refractivity contribution in [2.45, 2.75) is 25.3 Å². The summed E-state index contributed by atoms with van der Waals surface area (Å²) in [5, 5.41) is 6.06. The van der Waals surface area contributed by atoms with Crippen LogP contribution in [-0.2, 0) is 18.7 Å². The molecule has 2 amide bonds. The molecule has 4 aromatic rings. The van der Waals surface area contributed by atoms with E-state index in [4.69, 9.17) is 9.51 Å².